The number of hydrogen-bond donors (Lipinski definition) is 1. The van der Waals surface area contributed by atoms with Crippen molar-refractivity contribution < 1.29 is 9.53 Å². The molecule has 2 atom stereocenters. The van der Waals surface area contributed by atoms with Crippen molar-refractivity contribution in [2.45, 2.75) is 44.7 Å². The van der Waals surface area contributed by atoms with Crippen LogP contribution in [0, 0.1) is 5.92 Å². The van der Waals surface area contributed by atoms with E-state index in [9.17, 15) is 4.79 Å². The first-order chi connectivity index (χ1) is 7.74. The monoisotopic (exact) mass is 226 g/mol. The molecule has 1 saturated carbocycles. The molecule has 2 unspecified atom stereocenters. The molecule has 2 fully saturated rings. The minimum absolute atomic E-state index is 0.108. The topological polar surface area (TPSA) is 55.6 Å². The predicted octanol–water partition coefficient (Wildman–Crippen LogP) is 0.751. The van der Waals surface area contributed by atoms with E-state index >= 15 is 0 Å². The molecule has 0 aromatic heterocycles. The van der Waals surface area contributed by atoms with Crippen molar-refractivity contribution >= 4 is 5.91 Å². The molecule has 0 radical (unpaired) electrons. The van der Waals surface area contributed by atoms with Gasteiger partial charge in [-0.2, -0.15) is 0 Å². The molecule has 2 aliphatic rings. The third kappa shape index (κ3) is 2.23. The fraction of sp³-hybridized carbons (Fsp3) is 0.917. The SMILES string of the molecule is CCN(C(=O)C1COCC1N)C1CCCC1. The molecule has 2 N–H and O–H groups in total. The summed E-state index contributed by atoms with van der Waals surface area (Å²) in [6.45, 7) is 3.88. The first-order valence-corrected chi connectivity index (χ1v) is 6.37. The van der Waals surface area contributed by atoms with Crippen molar-refractivity contribution in [2.24, 2.45) is 11.7 Å². The van der Waals surface area contributed by atoms with Gasteiger partial charge in [0, 0.05) is 18.6 Å². The van der Waals surface area contributed by atoms with Crippen molar-refractivity contribution in [1.82, 2.24) is 4.90 Å². The maximum Gasteiger partial charge on any atom is 0.229 e. The third-order valence-corrected chi connectivity index (χ3v) is 3.83. The van der Waals surface area contributed by atoms with E-state index in [1.54, 1.807) is 0 Å². The molecular weight excluding hydrogens is 204 g/mol. The number of hydrogen-bond acceptors (Lipinski definition) is 3. The summed E-state index contributed by atoms with van der Waals surface area (Å²) in [5.41, 5.74) is 5.90. The second-order valence-electron chi connectivity index (χ2n) is 4.87. The van der Waals surface area contributed by atoms with Crippen LogP contribution in [0.5, 0.6) is 0 Å². The van der Waals surface area contributed by atoms with Crippen LogP contribution in [0.1, 0.15) is 32.6 Å². The van der Waals surface area contributed by atoms with Crippen LogP contribution in [0.25, 0.3) is 0 Å². The van der Waals surface area contributed by atoms with Crippen molar-refractivity contribution in [3.63, 3.8) is 0 Å². The van der Waals surface area contributed by atoms with Gasteiger partial charge >= 0.3 is 0 Å². The van der Waals surface area contributed by atoms with Crippen molar-refractivity contribution in [3.05, 3.63) is 0 Å². The molecule has 0 bridgehead atoms. The average molecular weight is 226 g/mol. The van der Waals surface area contributed by atoms with Crippen LogP contribution in [0.2, 0.25) is 0 Å². The van der Waals surface area contributed by atoms with Gasteiger partial charge in [0.15, 0.2) is 0 Å². The molecule has 0 spiro atoms. The minimum atomic E-state index is -0.111. The lowest BCUT2D eigenvalue weighted by molar-refractivity contribution is -0.137. The Bertz CT molecular complexity index is 251. The molecule has 0 aromatic carbocycles. The second-order valence-corrected chi connectivity index (χ2v) is 4.87. The third-order valence-electron chi connectivity index (χ3n) is 3.83. The second kappa shape index (κ2) is 5.15. The summed E-state index contributed by atoms with van der Waals surface area (Å²) in [7, 11) is 0. The number of amides is 1. The fourth-order valence-corrected chi connectivity index (χ4v) is 2.85. The maximum absolute atomic E-state index is 12.3. The first kappa shape index (κ1) is 11.9. The fourth-order valence-electron chi connectivity index (χ4n) is 2.85. The van der Waals surface area contributed by atoms with Gasteiger partial charge in [0.2, 0.25) is 5.91 Å². The van der Waals surface area contributed by atoms with Gasteiger partial charge in [-0.15, -0.1) is 0 Å². The van der Waals surface area contributed by atoms with Crippen LogP contribution in [0.3, 0.4) is 0 Å². The maximum atomic E-state index is 12.3. The Morgan fingerprint density at radius 1 is 1.38 bits per heavy atom. The largest absolute Gasteiger partial charge is 0.379 e. The van der Waals surface area contributed by atoms with Crippen LogP contribution < -0.4 is 5.73 Å². The smallest absolute Gasteiger partial charge is 0.229 e. The summed E-state index contributed by atoms with van der Waals surface area (Å²) in [5.74, 6) is 0.0972. The van der Waals surface area contributed by atoms with Gasteiger partial charge in [-0.3, -0.25) is 4.79 Å². The lowest BCUT2D eigenvalue weighted by Crippen LogP contribution is -2.47. The highest BCUT2D eigenvalue weighted by Gasteiger charge is 2.36. The van der Waals surface area contributed by atoms with Crippen LogP contribution in [-0.2, 0) is 9.53 Å². The summed E-state index contributed by atoms with van der Waals surface area (Å²) in [5, 5.41) is 0. The number of rotatable bonds is 3. The number of nitrogens with two attached hydrogens (primary N) is 1. The molecule has 1 heterocycles. The molecule has 4 heteroatoms. The zero-order valence-electron chi connectivity index (χ0n) is 10.0. The standard InChI is InChI=1S/C12H22N2O2/c1-2-14(9-5-3-4-6-9)12(15)10-7-16-8-11(10)13/h9-11H,2-8,13H2,1H3. The average Bonchev–Trinajstić information content (AvgIpc) is 2.90. The van der Waals surface area contributed by atoms with Gasteiger partial charge in [-0.05, 0) is 19.8 Å². The molecule has 1 aliphatic heterocycles. The summed E-state index contributed by atoms with van der Waals surface area (Å²) < 4.78 is 5.28. The van der Waals surface area contributed by atoms with Crippen LogP contribution in [0.15, 0.2) is 0 Å². The van der Waals surface area contributed by atoms with E-state index in [1.165, 1.54) is 12.8 Å². The van der Waals surface area contributed by atoms with Crippen LogP contribution in [-0.4, -0.2) is 42.6 Å². The van der Waals surface area contributed by atoms with E-state index in [1.807, 2.05) is 4.90 Å². The molecule has 92 valence electrons. The molecule has 1 aliphatic carbocycles. The lowest BCUT2D eigenvalue weighted by atomic mass is 10.0. The normalized spacial score (nSPS) is 30.9. The summed E-state index contributed by atoms with van der Waals surface area (Å²) >= 11 is 0. The molecular formula is C12H22N2O2. The predicted molar refractivity (Wildman–Crippen MR) is 61.9 cm³/mol. The molecule has 1 saturated heterocycles. The van der Waals surface area contributed by atoms with E-state index in [-0.39, 0.29) is 17.9 Å². The Morgan fingerprint density at radius 3 is 2.56 bits per heavy atom. The van der Waals surface area contributed by atoms with Gasteiger partial charge < -0.3 is 15.4 Å². The van der Waals surface area contributed by atoms with Gasteiger partial charge in [0.05, 0.1) is 19.1 Å². The summed E-state index contributed by atoms with van der Waals surface area (Å²) in [4.78, 5) is 14.4. The van der Waals surface area contributed by atoms with E-state index in [0.29, 0.717) is 19.3 Å². The van der Waals surface area contributed by atoms with E-state index in [0.717, 1.165) is 19.4 Å². The zero-order valence-corrected chi connectivity index (χ0v) is 10.0. The Balaban J connectivity index is 1.99. The van der Waals surface area contributed by atoms with E-state index in [2.05, 4.69) is 6.92 Å². The number of ether oxygens (including phenoxy) is 1. The van der Waals surface area contributed by atoms with E-state index in [4.69, 9.17) is 10.5 Å². The molecule has 4 nitrogen and oxygen atoms in total. The Kier molecular flexibility index (Phi) is 3.82. The van der Waals surface area contributed by atoms with E-state index < -0.39 is 0 Å². The molecule has 16 heavy (non-hydrogen) atoms. The van der Waals surface area contributed by atoms with Gasteiger partial charge in [0.25, 0.3) is 0 Å². The highest BCUT2D eigenvalue weighted by molar-refractivity contribution is 5.80. The summed E-state index contributed by atoms with van der Waals surface area (Å²) in [6, 6.07) is 0.341. The Labute approximate surface area is 97.1 Å². The first-order valence-electron chi connectivity index (χ1n) is 6.37. The van der Waals surface area contributed by atoms with Gasteiger partial charge in [-0.1, -0.05) is 12.8 Å². The summed E-state index contributed by atoms with van der Waals surface area (Å²) in [6.07, 6.45) is 4.81. The minimum Gasteiger partial charge on any atom is -0.379 e. The number of nitrogens with zero attached hydrogens (tertiary/aromatic N) is 1. The number of carbonyl (C=O) groups excluding carboxylic acids is 1. The quantitative estimate of drug-likeness (QED) is 0.772. The lowest BCUT2D eigenvalue weighted by Gasteiger charge is -2.30. The van der Waals surface area contributed by atoms with Crippen molar-refractivity contribution in [3.8, 4) is 0 Å². The highest BCUT2D eigenvalue weighted by Crippen LogP contribution is 2.26. The van der Waals surface area contributed by atoms with Crippen molar-refractivity contribution in [2.75, 3.05) is 19.8 Å². The molecule has 0 aromatic rings. The zero-order chi connectivity index (χ0) is 11.5. The molecule has 1 amide bonds. The van der Waals surface area contributed by atoms with Gasteiger partial charge in [0.1, 0.15) is 0 Å². The van der Waals surface area contributed by atoms with Crippen LogP contribution in [0.4, 0.5) is 0 Å². The Morgan fingerprint density at radius 2 is 2.06 bits per heavy atom. The van der Waals surface area contributed by atoms with Gasteiger partial charge in [-0.25, -0.2) is 0 Å². The Hall–Kier alpha value is -0.610. The number of carbonyl (C=O) groups is 1. The van der Waals surface area contributed by atoms with Crippen LogP contribution >= 0.6 is 0 Å². The molecule has 2 rings (SSSR count). The van der Waals surface area contributed by atoms with Crippen molar-refractivity contribution in [1.29, 1.82) is 0 Å². The highest BCUT2D eigenvalue weighted by atomic mass is 16.5.